The number of carbonyl (C=O) groups is 2. The van der Waals surface area contributed by atoms with Gasteiger partial charge in [0.1, 0.15) is 5.69 Å². The normalized spacial score (nSPS) is 11.9. The van der Waals surface area contributed by atoms with Gasteiger partial charge in [-0.15, -0.1) is 0 Å². The number of rotatable bonds is 9. The van der Waals surface area contributed by atoms with Gasteiger partial charge in [0.05, 0.1) is 18.6 Å². The number of hydrogen-bond donors (Lipinski definition) is 1. The maximum atomic E-state index is 13.2. The number of ketones is 1. The van der Waals surface area contributed by atoms with Gasteiger partial charge < -0.3 is 9.72 Å². The van der Waals surface area contributed by atoms with E-state index in [1.807, 2.05) is 20.8 Å². The third-order valence-electron chi connectivity index (χ3n) is 5.04. The summed E-state index contributed by atoms with van der Waals surface area (Å²) in [5, 5.41) is 0. The number of sulfonamides is 1. The number of aromatic amines is 1. The standard InChI is InChI=1S/C22H30N2O5S/c1-14(2)11-12-24(30(27,28)18-9-7-15(3)8-10-18)13-19(25)20-16(4)21(22(26)29-6)23-17(20)5/h7-10,14,23H,11-13H2,1-6H3. The number of hydrogen-bond acceptors (Lipinski definition) is 5. The molecular weight excluding hydrogens is 404 g/mol. The highest BCUT2D eigenvalue weighted by Crippen LogP contribution is 2.23. The lowest BCUT2D eigenvalue weighted by molar-refractivity contribution is 0.0594. The predicted octanol–water partition coefficient (Wildman–Crippen LogP) is 3.65. The molecule has 0 unspecified atom stereocenters. The Labute approximate surface area is 178 Å². The number of benzene rings is 1. The first kappa shape index (κ1) is 23.8. The minimum absolute atomic E-state index is 0.155. The zero-order valence-electron chi connectivity index (χ0n) is 18.4. The van der Waals surface area contributed by atoms with Gasteiger partial charge in [0.25, 0.3) is 0 Å². The third kappa shape index (κ3) is 5.17. The molecular formula is C22H30N2O5S. The van der Waals surface area contributed by atoms with Gasteiger partial charge >= 0.3 is 5.97 Å². The minimum atomic E-state index is -3.85. The molecule has 0 fully saturated rings. The third-order valence-corrected chi connectivity index (χ3v) is 6.90. The minimum Gasteiger partial charge on any atom is -0.464 e. The number of nitrogens with one attached hydrogen (secondary N) is 1. The first-order chi connectivity index (χ1) is 14.0. The van der Waals surface area contributed by atoms with Crippen molar-refractivity contribution in [3.05, 3.63) is 52.3 Å². The average Bonchev–Trinajstić information content (AvgIpc) is 2.98. The zero-order valence-corrected chi connectivity index (χ0v) is 19.2. The molecule has 2 aromatic rings. The molecule has 1 aromatic heterocycles. The number of methoxy groups -OCH3 is 1. The molecule has 0 amide bonds. The SMILES string of the molecule is COC(=O)c1[nH]c(C)c(C(=O)CN(CCC(C)C)S(=O)(=O)c2ccc(C)cc2)c1C. The molecule has 30 heavy (non-hydrogen) atoms. The van der Waals surface area contributed by atoms with E-state index in [1.54, 1.807) is 38.1 Å². The van der Waals surface area contributed by atoms with Gasteiger partial charge in [0.2, 0.25) is 10.0 Å². The molecule has 0 aliphatic rings. The van der Waals surface area contributed by atoms with Gasteiger partial charge in [-0.25, -0.2) is 13.2 Å². The molecule has 8 heteroatoms. The Kier molecular flexibility index (Phi) is 7.60. The molecule has 7 nitrogen and oxygen atoms in total. The first-order valence-electron chi connectivity index (χ1n) is 9.86. The topological polar surface area (TPSA) is 96.5 Å². The quantitative estimate of drug-likeness (QED) is 0.480. The molecule has 164 valence electrons. The van der Waals surface area contributed by atoms with Crippen LogP contribution in [0, 0.1) is 26.7 Å². The summed E-state index contributed by atoms with van der Waals surface area (Å²) in [6.45, 7) is 9.14. The van der Waals surface area contributed by atoms with E-state index in [0.29, 0.717) is 23.2 Å². The Bertz CT molecular complexity index is 1020. The van der Waals surface area contributed by atoms with Crippen LogP contribution in [-0.2, 0) is 14.8 Å². The lowest BCUT2D eigenvalue weighted by Crippen LogP contribution is -2.37. The van der Waals surface area contributed by atoms with Crippen molar-refractivity contribution < 1.29 is 22.7 Å². The second-order valence-electron chi connectivity index (χ2n) is 7.87. The van der Waals surface area contributed by atoms with E-state index in [0.717, 1.165) is 5.56 Å². The van der Waals surface area contributed by atoms with Crippen molar-refractivity contribution in [1.82, 2.24) is 9.29 Å². The van der Waals surface area contributed by atoms with E-state index >= 15 is 0 Å². The Hall–Kier alpha value is -2.45. The Morgan fingerprint density at radius 3 is 2.23 bits per heavy atom. The van der Waals surface area contributed by atoms with Crippen LogP contribution in [0.3, 0.4) is 0 Å². The van der Waals surface area contributed by atoms with Crippen LogP contribution in [0.15, 0.2) is 29.2 Å². The van der Waals surface area contributed by atoms with E-state index < -0.39 is 16.0 Å². The monoisotopic (exact) mass is 434 g/mol. The van der Waals surface area contributed by atoms with Gasteiger partial charge in [0.15, 0.2) is 5.78 Å². The molecule has 1 N–H and O–H groups in total. The number of aryl methyl sites for hydroxylation is 2. The summed E-state index contributed by atoms with van der Waals surface area (Å²) in [7, 11) is -2.58. The highest BCUT2D eigenvalue weighted by atomic mass is 32.2. The van der Waals surface area contributed by atoms with Crippen LogP contribution >= 0.6 is 0 Å². The molecule has 1 aromatic carbocycles. The highest BCUT2D eigenvalue weighted by Gasteiger charge is 2.29. The van der Waals surface area contributed by atoms with Crippen LogP contribution in [0.2, 0.25) is 0 Å². The van der Waals surface area contributed by atoms with Crippen molar-refractivity contribution in [2.75, 3.05) is 20.2 Å². The molecule has 0 spiro atoms. The molecule has 0 radical (unpaired) electrons. The Morgan fingerprint density at radius 1 is 1.10 bits per heavy atom. The van der Waals surface area contributed by atoms with E-state index in [2.05, 4.69) is 4.98 Å². The Morgan fingerprint density at radius 2 is 1.70 bits per heavy atom. The molecule has 1 heterocycles. The fourth-order valence-electron chi connectivity index (χ4n) is 3.26. The first-order valence-corrected chi connectivity index (χ1v) is 11.3. The van der Waals surface area contributed by atoms with E-state index in [4.69, 9.17) is 4.74 Å². The van der Waals surface area contributed by atoms with E-state index in [9.17, 15) is 18.0 Å². The van der Waals surface area contributed by atoms with Gasteiger partial charge in [-0.3, -0.25) is 4.79 Å². The van der Waals surface area contributed by atoms with Crippen molar-refractivity contribution in [1.29, 1.82) is 0 Å². The highest BCUT2D eigenvalue weighted by molar-refractivity contribution is 7.89. The maximum Gasteiger partial charge on any atom is 0.354 e. The van der Waals surface area contributed by atoms with Gasteiger partial charge in [0, 0.05) is 17.8 Å². The number of carbonyl (C=O) groups excluding carboxylic acids is 2. The molecule has 0 aliphatic heterocycles. The van der Waals surface area contributed by atoms with E-state index in [1.165, 1.54) is 11.4 Å². The van der Waals surface area contributed by atoms with Crippen molar-refractivity contribution in [2.45, 2.75) is 45.9 Å². The summed E-state index contributed by atoms with van der Waals surface area (Å²) < 4.78 is 32.5. The molecule has 0 aliphatic carbocycles. The van der Waals surface area contributed by atoms with Crippen LogP contribution in [0.1, 0.15) is 57.9 Å². The van der Waals surface area contributed by atoms with Crippen LogP contribution in [0.25, 0.3) is 0 Å². The van der Waals surface area contributed by atoms with Crippen molar-refractivity contribution in [2.24, 2.45) is 5.92 Å². The van der Waals surface area contributed by atoms with Gasteiger partial charge in [-0.05, 0) is 50.8 Å². The van der Waals surface area contributed by atoms with Crippen molar-refractivity contribution >= 4 is 21.8 Å². The number of Topliss-reactive ketones (excluding diaryl/α,β-unsaturated/α-hetero) is 1. The van der Waals surface area contributed by atoms with E-state index in [-0.39, 0.29) is 35.4 Å². The maximum absolute atomic E-state index is 13.2. The molecule has 0 saturated carbocycles. The predicted molar refractivity (Wildman–Crippen MR) is 115 cm³/mol. The number of nitrogens with zero attached hydrogens (tertiary/aromatic N) is 1. The Balaban J connectivity index is 2.40. The summed E-state index contributed by atoms with van der Waals surface area (Å²) in [4.78, 5) is 28.1. The summed E-state index contributed by atoms with van der Waals surface area (Å²) in [6.07, 6.45) is 0.622. The summed E-state index contributed by atoms with van der Waals surface area (Å²) in [6, 6.07) is 6.58. The number of ether oxygens (including phenoxy) is 1. The number of H-pyrrole nitrogens is 1. The second kappa shape index (κ2) is 9.57. The number of esters is 1. The molecule has 0 bridgehead atoms. The fourth-order valence-corrected chi connectivity index (χ4v) is 4.67. The molecule has 0 atom stereocenters. The van der Waals surface area contributed by atoms with Gasteiger partial charge in [-0.1, -0.05) is 31.5 Å². The molecule has 2 rings (SSSR count). The fraction of sp³-hybridized carbons (Fsp3) is 0.455. The van der Waals surface area contributed by atoms with Crippen molar-refractivity contribution in [3.63, 3.8) is 0 Å². The van der Waals surface area contributed by atoms with Crippen LogP contribution < -0.4 is 0 Å². The largest absolute Gasteiger partial charge is 0.464 e. The summed E-state index contributed by atoms with van der Waals surface area (Å²) >= 11 is 0. The van der Waals surface area contributed by atoms with Crippen LogP contribution in [-0.4, -0.2) is 49.7 Å². The second-order valence-corrected chi connectivity index (χ2v) is 9.81. The lowest BCUT2D eigenvalue weighted by atomic mass is 10.1. The van der Waals surface area contributed by atoms with Gasteiger partial charge in [-0.2, -0.15) is 4.31 Å². The average molecular weight is 435 g/mol. The summed E-state index contributed by atoms with van der Waals surface area (Å²) in [5.41, 5.74) is 2.44. The molecule has 0 saturated heterocycles. The van der Waals surface area contributed by atoms with Crippen LogP contribution in [0.4, 0.5) is 0 Å². The van der Waals surface area contributed by atoms with Crippen molar-refractivity contribution in [3.8, 4) is 0 Å². The zero-order chi connectivity index (χ0) is 22.6. The summed E-state index contributed by atoms with van der Waals surface area (Å²) in [5.74, 6) is -0.660. The smallest absolute Gasteiger partial charge is 0.354 e. The lowest BCUT2D eigenvalue weighted by Gasteiger charge is -2.23. The number of aromatic nitrogens is 1. The van der Waals surface area contributed by atoms with Crippen LogP contribution in [0.5, 0.6) is 0 Å².